The van der Waals surface area contributed by atoms with Crippen LogP contribution in [0.15, 0.2) is 54.6 Å². The number of benzene rings is 3. The normalized spacial score (nSPS) is 13.8. The lowest BCUT2D eigenvalue weighted by molar-refractivity contribution is 0.394. The van der Waals surface area contributed by atoms with Gasteiger partial charge in [-0.1, -0.05) is 58.5 Å². The van der Waals surface area contributed by atoms with Crippen molar-refractivity contribution in [2.45, 2.75) is 4.75 Å². The average molecular weight is 494 g/mol. The molecule has 0 radical (unpaired) electrons. The Bertz CT molecular complexity index is 1200. The molecule has 0 saturated carbocycles. The average Bonchev–Trinajstić information content (AvgIpc) is 2.62. The van der Waals surface area contributed by atoms with E-state index in [1.165, 1.54) is 42.5 Å². The maximum absolute atomic E-state index is 13.0. The minimum absolute atomic E-state index is 0.0227. The summed E-state index contributed by atoms with van der Waals surface area (Å²) in [5.74, 6) is -1.49. The summed E-state index contributed by atoms with van der Waals surface area (Å²) in [5.41, 5.74) is -0.601. The van der Waals surface area contributed by atoms with Gasteiger partial charge in [0.2, 0.25) is 0 Å². The SMILES string of the molecule is O=S(=O)(O)C(c1ccc(Cl)cc1)(c1cc(Cl)ccc1Cl)c1cc(Cl)cc(O)c1O. The molecule has 3 aromatic rings. The number of aromatic hydroxyl groups is 2. The summed E-state index contributed by atoms with van der Waals surface area (Å²) in [6.07, 6.45) is 0. The zero-order valence-electron chi connectivity index (χ0n) is 14.3. The molecule has 3 N–H and O–H groups in total. The van der Waals surface area contributed by atoms with Gasteiger partial charge in [0.05, 0.1) is 0 Å². The first-order valence-electron chi connectivity index (χ1n) is 7.89. The lowest BCUT2D eigenvalue weighted by Crippen LogP contribution is -2.38. The molecule has 0 saturated heterocycles. The van der Waals surface area contributed by atoms with Crippen LogP contribution in [0.3, 0.4) is 0 Å². The van der Waals surface area contributed by atoms with E-state index in [4.69, 9.17) is 46.4 Å². The Labute approximate surface area is 186 Å². The minimum atomic E-state index is -5.11. The second kappa shape index (κ2) is 7.87. The van der Waals surface area contributed by atoms with Crippen LogP contribution in [-0.2, 0) is 14.9 Å². The number of halogens is 4. The van der Waals surface area contributed by atoms with Crippen LogP contribution in [0, 0.1) is 0 Å². The van der Waals surface area contributed by atoms with E-state index in [9.17, 15) is 23.2 Å². The van der Waals surface area contributed by atoms with Crippen LogP contribution in [0.5, 0.6) is 11.5 Å². The summed E-state index contributed by atoms with van der Waals surface area (Å²) in [5, 5.41) is 20.9. The van der Waals surface area contributed by atoms with Gasteiger partial charge in [0, 0.05) is 37.3 Å². The minimum Gasteiger partial charge on any atom is -0.504 e. The quantitative estimate of drug-likeness (QED) is 0.239. The molecule has 0 bridgehead atoms. The third-order valence-electron chi connectivity index (χ3n) is 4.38. The molecule has 0 heterocycles. The largest absolute Gasteiger partial charge is 0.504 e. The van der Waals surface area contributed by atoms with Gasteiger partial charge in [-0.2, -0.15) is 8.42 Å². The molecule has 10 heteroatoms. The summed E-state index contributed by atoms with van der Waals surface area (Å²) >= 11 is 24.4. The molecule has 0 aliphatic carbocycles. The van der Waals surface area contributed by atoms with E-state index >= 15 is 0 Å². The number of rotatable bonds is 4. The molecule has 29 heavy (non-hydrogen) atoms. The summed E-state index contributed by atoms with van der Waals surface area (Å²) in [6.45, 7) is 0. The molecule has 1 atom stereocenters. The van der Waals surface area contributed by atoms with Crippen molar-refractivity contribution in [3.05, 3.63) is 91.4 Å². The van der Waals surface area contributed by atoms with Crippen molar-refractivity contribution in [3.63, 3.8) is 0 Å². The second-order valence-corrected chi connectivity index (χ2v) is 9.39. The first-order chi connectivity index (χ1) is 13.5. The monoisotopic (exact) mass is 492 g/mol. The summed E-state index contributed by atoms with van der Waals surface area (Å²) in [4.78, 5) is 0. The molecule has 0 aliphatic heterocycles. The van der Waals surface area contributed by atoms with Gasteiger partial charge in [-0.3, -0.25) is 4.55 Å². The predicted octanol–water partition coefficient (Wildman–Crippen LogP) is 5.89. The molecule has 3 rings (SSSR count). The van der Waals surface area contributed by atoms with E-state index in [2.05, 4.69) is 0 Å². The topological polar surface area (TPSA) is 94.8 Å². The summed E-state index contributed by atoms with van der Waals surface area (Å²) < 4.78 is 33.9. The third kappa shape index (κ3) is 3.77. The molecule has 0 spiro atoms. The van der Waals surface area contributed by atoms with Crippen LogP contribution in [0.25, 0.3) is 0 Å². The Morgan fingerprint density at radius 1 is 0.724 bits per heavy atom. The second-order valence-electron chi connectivity index (χ2n) is 6.11. The van der Waals surface area contributed by atoms with Crippen molar-refractivity contribution in [3.8, 4) is 11.5 Å². The van der Waals surface area contributed by atoms with Crippen molar-refractivity contribution in [2.24, 2.45) is 0 Å². The van der Waals surface area contributed by atoms with Crippen LogP contribution in [0.2, 0.25) is 20.1 Å². The van der Waals surface area contributed by atoms with Gasteiger partial charge in [-0.15, -0.1) is 0 Å². The number of hydrogen-bond acceptors (Lipinski definition) is 4. The Kier molecular flexibility index (Phi) is 5.98. The zero-order chi connectivity index (χ0) is 21.6. The Balaban J connectivity index is 2.63. The predicted molar refractivity (Wildman–Crippen MR) is 114 cm³/mol. The van der Waals surface area contributed by atoms with Gasteiger partial charge in [-0.25, -0.2) is 0 Å². The van der Waals surface area contributed by atoms with E-state index in [-0.39, 0.29) is 26.2 Å². The van der Waals surface area contributed by atoms with Crippen molar-refractivity contribution in [1.29, 1.82) is 0 Å². The van der Waals surface area contributed by atoms with E-state index in [0.717, 1.165) is 12.1 Å². The van der Waals surface area contributed by atoms with Gasteiger partial charge < -0.3 is 10.2 Å². The molecule has 0 amide bonds. The summed E-state index contributed by atoms with van der Waals surface area (Å²) in [7, 11) is -5.11. The van der Waals surface area contributed by atoms with Gasteiger partial charge in [0.15, 0.2) is 16.2 Å². The molecular weight excluding hydrogens is 482 g/mol. The first-order valence-corrected chi connectivity index (χ1v) is 10.8. The molecule has 1 unspecified atom stereocenters. The lowest BCUT2D eigenvalue weighted by atomic mass is 9.83. The number of phenols is 2. The van der Waals surface area contributed by atoms with Crippen molar-refractivity contribution >= 4 is 56.5 Å². The Morgan fingerprint density at radius 2 is 1.28 bits per heavy atom. The molecular formula is C19H12Cl4O5S. The zero-order valence-corrected chi connectivity index (χ0v) is 18.1. The van der Waals surface area contributed by atoms with Crippen LogP contribution in [-0.4, -0.2) is 23.2 Å². The molecule has 0 fully saturated rings. The highest BCUT2D eigenvalue weighted by atomic mass is 35.5. The fraction of sp³-hybridized carbons (Fsp3) is 0.0526. The van der Waals surface area contributed by atoms with Crippen molar-refractivity contribution in [2.75, 3.05) is 0 Å². The fourth-order valence-electron chi connectivity index (χ4n) is 3.19. The number of phenolic OH excluding ortho intramolecular Hbond substituents is 2. The third-order valence-corrected chi connectivity index (χ3v) is 6.86. The molecule has 0 aliphatic rings. The fourth-order valence-corrected chi connectivity index (χ4v) is 5.33. The Morgan fingerprint density at radius 3 is 1.86 bits per heavy atom. The molecule has 3 aromatic carbocycles. The maximum atomic E-state index is 13.0. The lowest BCUT2D eigenvalue weighted by Gasteiger charge is -2.34. The highest BCUT2D eigenvalue weighted by Gasteiger charge is 2.52. The number of hydrogen-bond donors (Lipinski definition) is 3. The molecule has 152 valence electrons. The highest BCUT2D eigenvalue weighted by molar-refractivity contribution is 7.87. The van der Waals surface area contributed by atoms with Crippen LogP contribution in [0.4, 0.5) is 0 Å². The maximum Gasteiger partial charge on any atom is 0.283 e. The Hall–Kier alpha value is -1.67. The smallest absolute Gasteiger partial charge is 0.283 e. The van der Waals surface area contributed by atoms with E-state index in [1.807, 2.05) is 0 Å². The standard InChI is InChI=1S/C19H12Cl4O5S/c20-11-3-1-10(2-4-11)19(29(26,27)28,14-7-12(21)5-6-16(14)23)15-8-13(22)9-17(24)18(15)25/h1-9,24-25H,(H,26,27,28). The van der Waals surface area contributed by atoms with E-state index in [1.54, 1.807) is 0 Å². The van der Waals surface area contributed by atoms with Gasteiger partial charge in [0.25, 0.3) is 10.1 Å². The molecule has 5 nitrogen and oxygen atoms in total. The molecule has 0 aromatic heterocycles. The van der Waals surface area contributed by atoms with E-state index in [0.29, 0.717) is 5.02 Å². The van der Waals surface area contributed by atoms with Gasteiger partial charge >= 0.3 is 0 Å². The first kappa shape index (κ1) is 22.0. The van der Waals surface area contributed by atoms with Crippen molar-refractivity contribution < 1.29 is 23.2 Å². The van der Waals surface area contributed by atoms with Gasteiger partial charge in [0.1, 0.15) is 0 Å². The van der Waals surface area contributed by atoms with Crippen molar-refractivity contribution in [1.82, 2.24) is 0 Å². The summed E-state index contributed by atoms with van der Waals surface area (Å²) in [6, 6.07) is 11.6. The van der Waals surface area contributed by atoms with Crippen LogP contribution >= 0.6 is 46.4 Å². The van der Waals surface area contributed by atoms with Gasteiger partial charge in [-0.05, 0) is 42.0 Å². The van der Waals surface area contributed by atoms with Crippen LogP contribution < -0.4 is 0 Å². The van der Waals surface area contributed by atoms with Crippen LogP contribution in [0.1, 0.15) is 16.7 Å². The highest BCUT2D eigenvalue weighted by Crippen LogP contribution is 2.52. The van der Waals surface area contributed by atoms with E-state index < -0.39 is 31.9 Å².